The van der Waals surface area contributed by atoms with Gasteiger partial charge in [0.05, 0.1) is 0 Å². The summed E-state index contributed by atoms with van der Waals surface area (Å²) in [5.41, 5.74) is 1.31. The van der Waals surface area contributed by atoms with Crippen LogP contribution in [0.5, 0.6) is 0 Å². The Hall–Kier alpha value is -2.12. The number of rotatable bonds is 5. The van der Waals surface area contributed by atoms with Gasteiger partial charge in [0.2, 0.25) is 0 Å². The number of fused-ring (bicyclic) bond motifs is 1. The number of hydrogen-bond acceptors (Lipinski definition) is 1. The average Bonchev–Trinajstić information content (AvgIpc) is 2.61. The maximum Gasteiger partial charge on any atom is 0.405 e. The van der Waals surface area contributed by atoms with Gasteiger partial charge in [-0.15, -0.1) is 0 Å². The normalized spacial score (nSPS) is 20.9. The van der Waals surface area contributed by atoms with Crippen LogP contribution in [0.15, 0.2) is 42.5 Å². The number of halogens is 3. The van der Waals surface area contributed by atoms with Gasteiger partial charge in [-0.05, 0) is 10.8 Å². The van der Waals surface area contributed by atoms with Crippen LogP contribution in [-0.2, 0) is 11.3 Å². The molecule has 0 spiro atoms. The monoisotopic (exact) mass is 367 g/mol. The van der Waals surface area contributed by atoms with E-state index in [1.54, 1.807) is 0 Å². The van der Waals surface area contributed by atoms with E-state index in [0.29, 0.717) is 0 Å². The Morgan fingerprint density at radius 1 is 0.962 bits per heavy atom. The molecule has 26 heavy (non-hydrogen) atoms. The lowest BCUT2D eigenvalue weighted by Gasteiger charge is -2.29. The van der Waals surface area contributed by atoms with Gasteiger partial charge in [0, 0.05) is 5.56 Å². The van der Waals surface area contributed by atoms with Crippen LogP contribution in [0.2, 0.25) is 0 Å². The minimum Gasteiger partial charge on any atom is -0.342 e. The molecule has 0 aliphatic carbocycles. The first-order chi connectivity index (χ1) is 12.4. The van der Waals surface area contributed by atoms with Crippen LogP contribution in [0.3, 0.4) is 0 Å². The van der Waals surface area contributed by atoms with Crippen molar-refractivity contribution in [1.29, 1.82) is 0 Å². The third-order valence-electron chi connectivity index (χ3n) is 4.88. The molecule has 140 valence electrons. The highest BCUT2D eigenvalue weighted by atomic mass is 19.4. The fourth-order valence-electron chi connectivity index (χ4n) is 3.52. The van der Waals surface area contributed by atoms with Crippen LogP contribution in [-0.4, -0.2) is 51.4 Å². The van der Waals surface area contributed by atoms with Crippen molar-refractivity contribution in [3.63, 3.8) is 0 Å². The number of piperazine rings is 1. The summed E-state index contributed by atoms with van der Waals surface area (Å²) < 4.78 is 36.4. The van der Waals surface area contributed by atoms with Crippen LogP contribution in [0.4, 0.5) is 13.2 Å². The minimum absolute atomic E-state index is 0.109. The largest absolute Gasteiger partial charge is 0.405 e. The van der Waals surface area contributed by atoms with Gasteiger partial charge in [-0.1, -0.05) is 42.5 Å². The molecule has 0 atom stereocenters. The van der Waals surface area contributed by atoms with Gasteiger partial charge in [0.25, 0.3) is 5.91 Å². The molecule has 0 aromatic heterocycles. The molecule has 1 fully saturated rings. The van der Waals surface area contributed by atoms with Crippen LogP contribution >= 0.6 is 0 Å². The number of benzene rings is 2. The molecule has 1 aliphatic rings. The second kappa shape index (κ2) is 8.05. The van der Waals surface area contributed by atoms with Crippen molar-refractivity contribution in [3.8, 4) is 0 Å². The van der Waals surface area contributed by atoms with Crippen molar-refractivity contribution < 1.29 is 27.8 Å². The Morgan fingerprint density at radius 3 is 2.35 bits per heavy atom. The third kappa shape index (κ3) is 5.19. The Morgan fingerprint density at radius 2 is 1.62 bits per heavy atom. The van der Waals surface area contributed by atoms with Crippen LogP contribution in [0, 0.1) is 0 Å². The summed E-state index contributed by atoms with van der Waals surface area (Å²) in [6, 6.07) is 14.7. The smallest absolute Gasteiger partial charge is 0.342 e. The number of hydrogen-bond donors (Lipinski definition) is 3. The van der Waals surface area contributed by atoms with Gasteiger partial charge in [-0.3, -0.25) is 4.79 Å². The molecule has 7 heteroatoms. The van der Waals surface area contributed by atoms with Crippen molar-refractivity contribution in [2.24, 2.45) is 0 Å². The van der Waals surface area contributed by atoms with E-state index in [9.17, 15) is 18.0 Å². The number of carbonyl (C=O) groups excluding carboxylic acids is 1. The van der Waals surface area contributed by atoms with Gasteiger partial charge >= 0.3 is 6.18 Å². The summed E-state index contributed by atoms with van der Waals surface area (Å²) in [5, 5.41) is 4.45. The Balaban J connectivity index is 1.49. The quantitative estimate of drug-likeness (QED) is 0.673. The summed E-state index contributed by atoms with van der Waals surface area (Å²) in [6.07, 6.45) is -4.35. The molecule has 4 nitrogen and oxygen atoms in total. The molecular formula is C19H24F3N3O+2. The maximum atomic E-state index is 12.1. The fraction of sp³-hybridized carbons (Fsp3) is 0.421. The Bertz CT molecular complexity index is 750. The van der Waals surface area contributed by atoms with Gasteiger partial charge in [0.15, 0.2) is 6.54 Å². The topological polar surface area (TPSA) is 38.0 Å². The third-order valence-corrected chi connectivity index (χ3v) is 4.88. The zero-order valence-corrected chi connectivity index (χ0v) is 14.5. The van der Waals surface area contributed by atoms with Crippen LogP contribution < -0.4 is 15.1 Å². The van der Waals surface area contributed by atoms with Gasteiger partial charge in [-0.25, -0.2) is 0 Å². The van der Waals surface area contributed by atoms with E-state index < -0.39 is 18.6 Å². The lowest BCUT2D eigenvalue weighted by Crippen LogP contribution is -3.28. The van der Waals surface area contributed by atoms with E-state index in [-0.39, 0.29) is 6.54 Å². The maximum absolute atomic E-state index is 12.1. The molecule has 1 heterocycles. The van der Waals surface area contributed by atoms with E-state index in [4.69, 9.17) is 0 Å². The Labute approximate surface area is 150 Å². The summed E-state index contributed by atoms with van der Waals surface area (Å²) in [6.45, 7) is 3.18. The first-order valence-corrected chi connectivity index (χ1v) is 8.88. The summed E-state index contributed by atoms with van der Waals surface area (Å²) in [4.78, 5) is 14.1. The Kier molecular flexibility index (Phi) is 5.78. The molecule has 0 saturated carbocycles. The summed E-state index contributed by atoms with van der Waals surface area (Å²) >= 11 is 0. The molecule has 2 aromatic carbocycles. The summed E-state index contributed by atoms with van der Waals surface area (Å²) in [5.74, 6) is -0.533. The fourth-order valence-corrected chi connectivity index (χ4v) is 3.52. The molecule has 1 saturated heterocycles. The van der Waals surface area contributed by atoms with Crippen molar-refractivity contribution in [2.45, 2.75) is 12.7 Å². The number of amides is 1. The molecule has 0 radical (unpaired) electrons. The molecule has 1 aliphatic heterocycles. The predicted molar refractivity (Wildman–Crippen MR) is 93.0 cm³/mol. The number of nitrogens with one attached hydrogen (secondary N) is 3. The second-order valence-corrected chi connectivity index (χ2v) is 6.88. The van der Waals surface area contributed by atoms with E-state index in [2.05, 4.69) is 30.3 Å². The average molecular weight is 367 g/mol. The molecular weight excluding hydrogens is 343 g/mol. The van der Waals surface area contributed by atoms with Crippen LogP contribution in [0.1, 0.15) is 5.56 Å². The molecule has 0 unspecified atom stereocenters. The lowest BCUT2D eigenvalue weighted by molar-refractivity contribution is -1.02. The van der Waals surface area contributed by atoms with E-state index >= 15 is 0 Å². The lowest BCUT2D eigenvalue weighted by atomic mass is 10.0. The first-order valence-electron chi connectivity index (χ1n) is 8.88. The minimum atomic E-state index is -4.35. The molecule has 2 aromatic rings. The highest BCUT2D eigenvalue weighted by Gasteiger charge is 2.29. The van der Waals surface area contributed by atoms with Crippen molar-refractivity contribution in [1.82, 2.24) is 5.32 Å². The first kappa shape index (κ1) is 18.7. The molecule has 3 rings (SSSR count). The predicted octanol–water partition coefficient (Wildman–Crippen LogP) is -0.198. The van der Waals surface area contributed by atoms with Crippen molar-refractivity contribution >= 4 is 16.7 Å². The number of quaternary nitrogens is 2. The van der Waals surface area contributed by atoms with Crippen molar-refractivity contribution in [3.05, 3.63) is 48.0 Å². The number of alkyl halides is 3. The highest BCUT2D eigenvalue weighted by molar-refractivity contribution is 5.85. The zero-order chi connectivity index (χ0) is 18.6. The van der Waals surface area contributed by atoms with Gasteiger partial charge in [-0.2, -0.15) is 13.2 Å². The second-order valence-electron chi connectivity index (χ2n) is 6.88. The van der Waals surface area contributed by atoms with Crippen LogP contribution in [0.25, 0.3) is 10.8 Å². The molecule has 3 N–H and O–H groups in total. The van der Waals surface area contributed by atoms with E-state index in [0.717, 1.165) is 37.6 Å². The summed E-state index contributed by atoms with van der Waals surface area (Å²) in [7, 11) is 0. The highest BCUT2D eigenvalue weighted by Crippen LogP contribution is 2.17. The SMILES string of the molecule is O=C(C[NH+]1CC[NH+](Cc2cccc3ccccc23)CC1)NCC(F)(F)F. The van der Waals surface area contributed by atoms with E-state index in [1.165, 1.54) is 21.2 Å². The van der Waals surface area contributed by atoms with Crippen molar-refractivity contribution in [2.75, 3.05) is 39.3 Å². The molecule has 1 amide bonds. The van der Waals surface area contributed by atoms with Gasteiger partial charge in [0.1, 0.15) is 39.3 Å². The van der Waals surface area contributed by atoms with E-state index in [1.807, 2.05) is 17.4 Å². The number of carbonyl (C=O) groups is 1. The zero-order valence-electron chi connectivity index (χ0n) is 14.5. The molecule has 0 bridgehead atoms. The van der Waals surface area contributed by atoms with Gasteiger partial charge < -0.3 is 15.1 Å². The standard InChI is InChI=1S/C19H22F3N3O/c20-19(21,22)14-23-18(26)13-25-10-8-24(9-11-25)12-16-6-3-5-15-4-1-2-7-17(15)16/h1-7H,8-14H2,(H,23,26)/p+2.